The number of rotatable bonds is 5. The van der Waals surface area contributed by atoms with Crippen molar-refractivity contribution in [2.45, 2.75) is 26.2 Å². The Morgan fingerprint density at radius 1 is 1.26 bits per heavy atom. The monoisotopic (exact) mass is 425 g/mol. The SMILES string of the molecule is CCCN=C(NCCc1ccco1)N1CCc2ccccc21.I. The van der Waals surface area contributed by atoms with Gasteiger partial charge in [-0.15, -0.1) is 24.0 Å². The normalized spacial score (nSPS) is 13.6. The van der Waals surface area contributed by atoms with Crippen molar-refractivity contribution in [3.8, 4) is 0 Å². The van der Waals surface area contributed by atoms with E-state index in [4.69, 9.17) is 9.41 Å². The molecule has 0 saturated heterocycles. The number of hydrogen-bond donors (Lipinski definition) is 1. The highest BCUT2D eigenvalue weighted by Gasteiger charge is 2.22. The largest absolute Gasteiger partial charge is 0.469 e. The molecule has 23 heavy (non-hydrogen) atoms. The van der Waals surface area contributed by atoms with E-state index in [2.05, 4.69) is 41.4 Å². The molecule has 0 fully saturated rings. The molecule has 1 aliphatic heterocycles. The van der Waals surface area contributed by atoms with Gasteiger partial charge in [-0.25, -0.2) is 0 Å². The van der Waals surface area contributed by atoms with Gasteiger partial charge in [-0.05, 0) is 36.6 Å². The van der Waals surface area contributed by atoms with E-state index in [1.807, 2.05) is 12.1 Å². The Balaban J connectivity index is 0.00000192. The number of fused-ring (bicyclic) bond motifs is 1. The number of hydrogen-bond acceptors (Lipinski definition) is 2. The van der Waals surface area contributed by atoms with E-state index < -0.39 is 0 Å². The number of nitrogens with one attached hydrogen (secondary N) is 1. The van der Waals surface area contributed by atoms with Crippen LogP contribution in [0.25, 0.3) is 0 Å². The number of aliphatic imine (C=N–C) groups is 1. The number of halogens is 1. The predicted octanol–water partition coefficient (Wildman–Crippen LogP) is 3.86. The third-order valence-electron chi connectivity index (χ3n) is 3.86. The zero-order valence-corrected chi connectivity index (χ0v) is 15.8. The van der Waals surface area contributed by atoms with E-state index in [1.54, 1.807) is 6.26 Å². The Hall–Kier alpha value is -1.50. The standard InChI is InChI=1S/C18H23N3O.HI/c1-2-11-19-18(20-12-9-16-7-5-14-22-16)21-13-10-15-6-3-4-8-17(15)21;/h3-8,14H,2,9-13H2,1H3,(H,19,20);1H. The molecule has 1 N–H and O–H groups in total. The second-order valence-electron chi connectivity index (χ2n) is 5.49. The van der Waals surface area contributed by atoms with E-state index in [1.165, 1.54) is 11.3 Å². The lowest BCUT2D eigenvalue weighted by atomic mass is 10.2. The lowest BCUT2D eigenvalue weighted by Crippen LogP contribution is -2.41. The van der Waals surface area contributed by atoms with Crippen LogP contribution in [0.5, 0.6) is 0 Å². The summed E-state index contributed by atoms with van der Waals surface area (Å²) >= 11 is 0. The summed E-state index contributed by atoms with van der Waals surface area (Å²) in [5, 5.41) is 3.49. The quantitative estimate of drug-likeness (QED) is 0.450. The molecule has 5 heteroatoms. The van der Waals surface area contributed by atoms with Gasteiger partial charge in [0.25, 0.3) is 0 Å². The maximum Gasteiger partial charge on any atom is 0.198 e. The van der Waals surface area contributed by atoms with Gasteiger partial charge in [0.05, 0.1) is 6.26 Å². The number of nitrogens with zero attached hydrogens (tertiary/aromatic N) is 2. The summed E-state index contributed by atoms with van der Waals surface area (Å²) < 4.78 is 5.38. The lowest BCUT2D eigenvalue weighted by molar-refractivity contribution is 0.507. The van der Waals surface area contributed by atoms with Crippen LogP contribution in [-0.4, -0.2) is 25.6 Å². The van der Waals surface area contributed by atoms with Crippen molar-refractivity contribution in [2.75, 3.05) is 24.5 Å². The first-order valence-corrected chi connectivity index (χ1v) is 8.04. The Kier molecular flexibility index (Phi) is 6.95. The molecule has 1 aromatic heterocycles. The summed E-state index contributed by atoms with van der Waals surface area (Å²) in [7, 11) is 0. The van der Waals surface area contributed by atoms with Crippen molar-refractivity contribution < 1.29 is 4.42 Å². The maximum absolute atomic E-state index is 5.38. The van der Waals surface area contributed by atoms with Gasteiger partial charge < -0.3 is 14.6 Å². The van der Waals surface area contributed by atoms with Gasteiger partial charge in [-0.2, -0.15) is 0 Å². The molecule has 4 nitrogen and oxygen atoms in total. The fraction of sp³-hybridized carbons (Fsp3) is 0.389. The fourth-order valence-electron chi connectivity index (χ4n) is 2.76. The minimum atomic E-state index is 0. The molecule has 0 aliphatic carbocycles. The second kappa shape index (κ2) is 8.96. The Labute approximate surface area is 155 Å². The van der Waals surface area contributed by atoms with Crippen LogP contribution in [0.4, 0.5) is 5.69 Å². The van der Waals surface area contributed by atoms with E-state index in [0.29, 0.717) is 0 Å². The summed E-state index contributed by atoms with van der Waals surface area (Å²) in [6.07, 6.45) is 4.73. The molecule has 124 valence electrons. The van der Waals surface area contributed by atoms with Gasteiger partial charge >= 0.3 is 0 Å². The number of benzene rings is 1. The lowest BCUT2D eigenvalue weighted by Gasteiger charge is -2.22. The summed E-state index contributed by atoms with van der Waals surface area (Å²) in [4.78, 5) is 7.04. The molecule has 0 saturated carbocycles. The van der Waals surface area contributed by atoms with Crippen LogP contribution in [0.3, 0.4) is 0 Å². The first-order chi connectivity index (χ1) is 10.9. The van der Waals surface area contributed by atoms with Crippen LogP contribution in [0.1, 0.15) is 24.7 Å². The molecule has 0 spiro atoms. The van der Waals surface area contributed by atoms with Crippen LogP contribution < -0.4 is 10.2 Å². The highest BCUT2D eigenvalue weighted by molar-refractivity contribution is 14.0. The Morgan fingerprint density at radius 2 is 2.13 bits per heavy atom. The van der Waals surface area contributed by atoms with Gasteiger partial charge in [0.1, 0.15) is 5.76 Å². The highest BCUT2D eigenvalue weighted by atomic mass is 127. The van der Waals surface area contributed by atoms with Gasteiger partial charge in [-0.3, -0.25) is 4.99 Å². The minimum absolute atomic E-state index is 0. The second-order valence-corrected chi connectivity index (χ2v) is 5.49. The van der Waals surface area contributed by atoms with Crippen molar-refractivity contribution >= 4 is 35.6 Å². The van der Waals surface area contributed by atoms with Crippen molar-refractivity contribution in [2.24, 2.45) is 4.99 Å². The molecule has 3 rings (SSSR count). The molecule has 1 aromatic carbocycles. The third-order valence-corrected chi connectivity index (χ3v) is 3.86. The van der Waals surface area contributed by atoms with Gasteiger partial charge in [-0.1, -0.05) is 25.1 Å². The van der Waals surface area contributed by atoms with Crippen molar-refractivity contribution in [3.63, 3.8) is 0 Å². The maximum atomic E-state index is 5.38. The molecule has 0 radical (unpaired) electrons. The topological polar surface area (TPSA) is 40.8 Å². The molecule has 0 bridgehead atoms. The average Bonchev–Trinajstić information content (AvgIpc) is 3.20. The van der Waals surface area contributed by atoms with E-state index in [9.17, 15) is 0 Å². The van der Waals surface area contributed by atoms with Crippen molar-refractivity contribution in [1.29, 1.82) is 0 Å². The fourth-order valence-corrected chi connectivity index (χ4v) is 2.76. The molecule has 0 unspecified atom stereocenters. The zero-order valence-electron chi connectivity index (χ0n) is 13.5. The number of anilines is 1. The average molecular weight is 425 g/mol. The molecular weight excluding hydrogens is 401 g/mol. The first kappa shape index (κ1) is 17.8. The van der Waals surface area contributed by atoms with Crippen LogP contribution in [0.15, 0.2) is 52.1 Å². The molecule has 1 aliphatic rings. The van der Waals surface area contributed by atoms with Crippen LogP contribution in [-0.2, 0) is 12.8 Å². The van der Waals surface area contributed by atoms with Gasteiger partial charge in [0.15, 0.2) is 5.96 Å². The summed E-state index contributed by atoms with van der Waals surface area (Å²) in [6.45, 7) is 4.83. The molecule has 2 heterocycles. The van der Waals surface area contributed by atoms with Crippen molar-refractivity contribution in [1.82, 2.24) is 5.32 Å². The zero-order chi connectivity index (χ0) is 15.2. The van der Waals surface area contributed by atoms with Crippen molar-refractivity contribution in [3.05, 3.63) is 54.0 Å². The van der Waals surface area contributed by atoms with Gasteiger partial charge in [0, 0.05) is 31.7 Å². The van der Waals surface area contributed by atoms with E-state index in [-0.39, 0.29) is 24.0 Å². The number of para-hydroxylation sites is 1. The van der Waals surface area contributed by atoms with E-state index in [0.717, 1.165) is 50.6 Å². The summed E-state index contributed by atoms with van der Waals surface area (Å²) in [5.74, 6) is 1.99. The van der Waals surface area contributed by atoms with Gasteiger partial charge in [0.2, 0.25) is 0 Å². The molecule has 0 amide bonds. The number of furan rings is 1. The predicted molar refractivity (Wildman–Crippen MR) is 106 cm³/mol. The molecule has 0 atom stereocenters. The molecule has 2 aromatic rings. The smallest absolute Gasteiger partial charge is 0.198 e. The minimum Gasteiger partial charge on any atom is -0.469 e. The van der Waals surface area contributed by atoms with Crippen LogP contribution in [0.2, 0.25) is 0 Å². The molecular formula is C18H24IN3O. The Morgan fingerprint density at radius 3 is 2.91 bits per heavy atom. The first-order valence-electron chi connectivity index (χ1n) is 8.04. The van der Waals surface area contributed by atoms with Crippen LogP contribution in [0, 0.1) is 0 Å². The van der Waals surface area contributed by atoms with Crippen LogP contribution >= 0.6 is 24.0 Å². The summed E-state index contributed by atoms with van der Waals surface area (Å²) in [6, 6.07) is 12.5. The number of guanidine groups is 1. The Bertz CT molecular complexity index is 625. The van der Waals surface area contributed by atoms with E-state index >= 15 is 0 Å². The summed E-state index contributed by atoms with van der Waals surface area (Å²) in [5.41, 5.74) is 2.68. The third kappa shape index (κ3) is 4.50. The highest BCUT2D eigenvalue weighted by Crippen LogP contribution is 2.27.